The Kier molecular flexibility index (Phi) is 1.97. The van der Waals surface area contributed by atoms with E-state index >= 15 is 0 Å². The van der Waals surface area contributed by atoms with Crippen molar-refractivity contribution in [3.8, 4) is 5.75 Å². The SMILES string of the molecule is CC1(C)O[B]c2cc([N+](=O)[O-])cc(O)c21. The molecule has 1 aliphatic heterocycles. The second-order valence-corrected chi connectivity index (χ2v) is 3.93. The van der Waals surface area contributed by atoms with Crippen molar-refractivity contribution in [2.24, 2.45) is 0 Å². The van der Waals surface area contributed by atoms with Gasteiger partial charge >= 0.3 is 7.48 Å². The zero-order valence-corrected chi connectivity index (χ0v) is 8.35. The van der Waals surface area contributed by atoms with Gasteiger partial charge < -0.3 is 9.76 Å². The standard InChI is InChI=1S/C9H9BNO4/c1-9(2)8-6(10-15-9)3-5(11(13)14)4-7(8)12/h3-4,12H,1-2H3. The maximum Gasteiger partial charge on any atom is 0.331 e. The van der Waals surface area contributed by atoms with Gasteiger partial charge in [-0.1, -0.05) is 0 Å². The number of nitro groups is 1. The number of hydrogen-bond donors (Lipinski definition) is 1. The summed E-state index contributed by atoms with van der Waals surface area (Å²) in [5.74, 6) is -0.0991. The average molecular weight is 206 g/mol. The Morgan fingerprint density at radius 1 is 1.53 bits per heavy atom. The molecule has 1 aromatic carbocycles. The Hall–Kier alpha value is -1.56. The predicted octanol–water partition coefficient (Wildman–Crippen LogP) is 0.810. The Morgan fingerprint density at radius 3 is 2.80 bits per heavy atom. The van der Waals surface area contributed by atoms with Crippen LogP contribution in [-0.4, -0.2) is 17.5 Å². The molecule has 0 unspecified atom stereocenters. The number of hydrogen-bond acceptors (Lipinski definition) is 4. The summed E-state index contributed by atoms with van der Waals surface area (Å²) < 4.78 is 5.32. The third-order valence-electron chi connectivity index (χ3n) is 2.43. The summed E-state index contributed by atoms with van der Waals surface area (Å²) in [4.78, 5) is 10.0. The zero-order chi connectivity index (χ0) is 11.2. The molecule has 0 aliphatic carbocycles. The number of aromatic hydroxyl groups is 1. The highest BCUT2D eigenvalue weighted by molar-refractivity contribution is 6.49. The third kappa shape index (κ3) is 1.46. The molecule has 5 nitrogen and oxygen atoms in total. The third-order valence-corrected chi connectivity index (χ3v) is 2.43. The Balaban J connectivity index is 2.61. The summed E-state index contributed by atoms with van der Waals surface area (Å²) >= 11 is 0. The van der Waals surface area contributed by atoms with Gasteiger partial charge in [0.05, 0.1) is 16.6 Å². The Bertz CT molecular complexity index is 444. The van der Waals surface area contributed by atoms with Crippen LogP contribution in [0, 0.1) is 10.1 Å². The minimum atomic E-state index is -0.630. The number of non-ortho nitro benzene ring substituents is 1. The molecule has 0 saturated heterocycles. The van der Waals surface area contributed by atoms with Crippen LogP contribution in [-0.2, 0) is 10.3 Å². The topological polar surface area (TPSA) is 72.6 Å². The molecule has 0 spiro atoms. The number of phenolic OH excluding ortho intramolecular Hbond substituents is 1. The van der Waals surface area contributed by atoms with Gasteiger partial charge in [-0.2, -0.15) is 0 Å². The fraction of sp³-hybridized carbons (Fsp3) is 0.333. The Labute approximate surface area is 87.1 Å². The summed E-state index contributed by atoms with van der Waals surface area (Å²) in [5.41, 5.74) is 0.387. The molecule has 2 rings (SSSR count). The lowest BCUT2D eigenvalue weighted by Crippen LogP contribution is -2.17. The number of nitrogens with zero attached hydrogens (tertiary/aromatic N) is 1. The average Bonchev–Trinajstić information content (AvgIpc) is 2.42. The molecular weight excluding hydrogens is 197 g/mol. The molecule has 77 valence electrons. The molecule has 0 bridgehead atoms. The molecule has 1 aromatic rings. The molecule has 1 radical (unpaired) electrons. The highest BCUT2D eigenvalue weighted by Gasteiger charge is 2.36. The molecule has 1 heterocycles. The number of benzene rings is 1. The molecule has 1 N–H and O–H groups in total. The number of nitro benzene ring substituents is 1. The second kappa shape index (κ2) is 2.97. The van der Waals surface area contributed by atoms with Crippen molar-refractivity contribution in [1.29, 1.82) is 0 Å². The van der Waals surface area contributed by atoms with Crippen LogP contribution < -0.4 is 5.46 Å². The quantitative estimate of drug-likeness (QED) is 0.419. The van der Waals surface area contributed by atoms with Crippen LogP contribution in [0.25, 0.3) is 0 Å². The predicted molar refractivity (Wildman–Crippen MR) is 54.3 cm³/mol. The fourth-order valence-corrected chi connectivity index (χ4v) is 1.76. The summed E-state index contributed by atoms with van der Waals surface area (Å²) in [6.07, 6.45) is 0. The van der Waals surface area contributed by atoms with E-state index in [-0.39, 0.29) is 11.4 Å². The van der Waals surface area contributed by atoms with Gasteiger partial charge in [0.2, 0.25) is 0 Å². The molecule has 15 heavy (non-hydrogen) atoms. The van der Waals surface area contributed by atoms with E-state index in [4.69, 9.17) is 4.65 Å². The van der Waals surface area contributed by atoms with Crippen LogP contribution in [0.15, 0.2) is 12.1 Å². The van der Waals surface area contributed by atoms with E-state index in [0.29, 0.717) is 11.0 Å². The van der Waals surface area contributed by atoms with Gasteiger partial charge in [-0.15, -0.1) is 0 Å². The smallest absolute Gasteiger partial charge is 0.331 e. The van der Waals surface area contributed by atoms with E-state index in [0.717, 1.165) is 6.07 Å². The number of phenols is 1. The van der Waals surface area contributed by atoms with Crippen LogP contribution in [0.5, 0.6) is 5.75 Å². The van der Waals surface area contributed by atoms with Crippen LogP contribution in [0.2, 0.25) is 0 Å². The fourth-order valence-electron chi connectivity index (χ4n) is 1.76. The largest absolute Gasteiger partial charge is 0.507 e. The van der Waals surface area contributed by atoms with Crippen molar-refractivity contribution in [3.05, 3.63) is 27.8 Å². The zero-order valence-electron chi connectivity index (χ0n) is 8.35. The van der Waals surface area contributed by atoms with E-state index in [2.05, 4.69) is 0 Å². The first-order valence-corrected chi connectivity index (χ1v) is 4.45. The van der Waals surface area contributed by atoms with Gasteiger partial charge in [0.25, 0.3) is 5.69 Å². The van der Waals surface area contributed by atoms with E-state index in [9.17, 15) is 15.2 Å². The molecule has 0 amide bonds. The van der Waals surface area contributed by atoms with Crippen molar-refractivity contribution in [2.75, 3.05) is 0 Å². The van der Waals surface area contributed by atoms with E-state index in [1.165, 1.54) is 13.5 Å². The maximum absolute atomic E-state index is 10.6. The minimum absolute atomic E-state index is 0.0991. The van der Waals surface area contributed by atoms with Gasteiger partial charge in [-0.3, -0.25) is 10.1 Å². The van der Waals surface area contributed by atoms with Gasteiger partial charge in [-0.25, -0.2) is 0 Å². The molecule has 1 aliphatic rings. The lowest BCUT2D eigenvalue weighted by molar-refractivity contribution is -0.384. The molecule has 6 heteroatoms. The van der Waals surface area contributed by atoms with Crippen molar-refractivity contribution in [3.63, 3.8) is 0 Å². The van der Waals surface area contributed by atoms with Gasteiger partial charge in [-0.05, 0) is 19.3 Å². The minimum Gasteiger partial charge on any atom is -0.507 e. The van der Waals surface area contributed by atoms with Crippen LogP contribution >= 0.6 is 0 Å². The van der Waals surface area contributed by atoms with Crippen molar-refractivity contribution >= 4 is 18.6 Å². The van der Waals surface area contributed by atoms with Gasteiger partial charge in [0.1, 0.15) is 5.75 Å². The number of fused-ring (bicyclic) bond motifs is 1. The first-order valence-electron chi connectivity index (χ1n) is 4.45. The van der Waals surface area contributed by atoms with Gasteiger partial charge in [0.15, 0.2) is 0 Å². The summed E-state index contributed by atoms with van der Waals surface area (Å²) in [7, 11) is 1.43. The molecular formula is C9H9BNO4. The monoisotopic (exact) mass is 206 g/mol. The van der Waals surface area contributed by atoms with Gasteiger partial charge in [0, 0.05) is 11.6 Å². The molecule has 0 atom stereocenters. The van der Waals surface area contributed by atoms with Crippen LogP contribution in [0.1, 0.15) is 19.4 Å². The maximum atomic E-state index is 10.6. The summed E-state index contributed by atoms with van der Waals surface area (Å²) in [6.45, 7) is 3.59. The van der Waals surface area contributed by atoms with E-state index in [1.807, 2.05) is 0 Å². The van der Waals surface area contributed by atoms with Crippen LogP contribution in [0.3, 0.4) is 0 Å². The van der Waals surface area contributed by atoms with Crippen molar-refractivity contribution < 1.29 is 14.7 Å². The molecule has 0 saturated carbocycles. The van der Waals surface area contributed by atoms with E-state index < -0.39 is 10.5 Å². The summed E-state index contributed by atoms with van der Waals surface area (Å²) in [6, 6.07) is 2.53. The van der Waals surface area contributed by atoms with E-state index in [1.54, 1.807) is 13.8 Å². The lowest BCUT2D eigenvalue weighted by Gasteiger charge is -2.20. The second-order valence-electron chi connectivity index (χ2n) is 3.93. The lowest BCUT2D eigenvalue weighted by atomic mass is 9.84. The van der Waals surface area contributed by atoms with Crippen molar-refractivity contribution in [2.45, 2.75) is 19.4 Å². The number of rotatable bonds is 1. The summed E-state index contributed by atoms with van der Waals surface area (Å²) in [5, 5.41) is 20.2. The first-order chi connectivity index (χ1) is 6.92. The highest BCUT2D eigenvalue weighted by Crippen LogP contribution is 2.36. The van der Waals surface area contributed by atoms with Crippen molar-refractivity contribution in [1.82, 2.24) is 0 Å². The van der Waals surface area contributed by atoms with Crippen LogP contribution in [0.4, 0.5) is 5.69 Å². The molecule has 0 fully saturated rings. The Morgan fingerprint density at radius 2 is 2.20 bits per heavy atom. The molecule has 0 aromatic heterocycles. The first kappa shape index (κ1) is 9.98. The highest BCUT2D eigenvalue weighted by atomic mass is 16.6. The normalized spacial score (nSPS) is 16.9.